The lowest BCUT2D eigenvalue weighted by Gasteiger charge is -2.33. The Hall–Kier alpha value is -1.47. The number of aryl methyl sites for hydroxylation is 1. The molecule has 1 aromatic heterocycles. The molecule has 21 heavy (non-hydrogen) atoms. The van der Waals surface area contributed by atoms with Crippen molar-refractivity contribution in [1.29, 1.82) is 0 Å². The van der Waals surface area contributed by atoms with Gasteiger partial charge in [0.25, 0.3) is 0 Å². The Bertz CT molecular complexity index is 448. The summed E-state index contributed by atoms with van der Waals surface area (Å²) >= 11 is 0. The second-order valence-electron chi connectivity index (χ2n) is 5.29. The topological polar surface area (TPSA) is 83.3 Å². The zero-order chi connectivity index (χ0) is 15.1. The second kappa shape index (κ2) is 8.09. The third-order valence-electron chi connectivity index (χ3n) is 3.61. The average Bonchev–Trinajstić information content (AvgIpc) is 2.93. The molecule has 1 atom stereocenters. The van der Waals surface area contributed by atoms with Crippen molar-refractivity contribution in [2.75, 3.05) is 26.2 Å². The zero-order valence-corrected chi connectivity index (χ0v) is 12.9. The van der Waals surface area contributed by atoms with Gasteiger partial charge in [-0.15, -0.1) is 0 Å². The summed E-state index contributed by atoms with van der Waals surface area (Å²) in [5.41, 5.74) is 0. The van der Waals surface area contributed by atoms with Gasteiger partial charge in [0.1, 0.15) is 6.04 Å². The predicted molar refractivity (Wildman–Crippen MR) is 78.7 cm³/mol. The van der Waals surface area contributed by atoms with Crippen molar-refractivity contribution in [1.82, 2.24) is 25.7 Å². The summed E-state index contributed by atoms with van der Waals surface area (Å²) in [5.74, 6) is 1.41. The van der Waals surface area contributed by atoms with Gasteiger partial charge < -0.3 is 15.2 Å². The molecule has 0 spiro atoms. The van der Waals surface area contributed by atoms with Crippen molar-refractivity contribution in [3.05, 3.63) is 11.7 Å². The summed E-state index contributed by atoms with van der Waals surface area (Å²) in [7, 11) is 0. The Morgan fingerprint density at radius 1 is 1.52 bits per heavy atom. The van der Waals surface area contributed by atoms with E-state index >= 15 is 0 Å². The number of carbonyl (C=O) groups excluding carboxylic acids is 1. The number of likely N-dealkylation sites (N-methyl/N-ethyl adjacent to an activating group) is 1. The van der Waals surface area contributed by atoms with Crippen LogP contribution in [0.3, 0.4) is 0 Å². The summed E-state index contributed by atoms with van der Waals surface area (Å²) in [6.45, 7) is 7.56. The fraction of sp³-hybridized carbons (Fsp3) is 0.786. The van der Waals surface area contributed by atoms with Crippen LogP contribution in [0.1, 0.15) is 38.4 Å². The van der Waals surface area contributed by atoms with Crippen LogP contribution in [0.15, 0.2) is 4.52 Å². The maximum Gasteiger partial charge on any atom is 0.240 e. The molecule has 1 aliphatic heterocycles. The molecule has 7 heteroatoms. The van der Waals surface area contributed by atoms with Gasteiger partial charge in [-0.05, 0) is 13.3 Å². The fourth-order valence-electron chi connectivity index (χ4n) is 2.45. The Balaban J connectivity index is 1.95. The van der Waals surface area contributed by atoms with E-state index in [2.05, 4.69) is 32.6 Å². The quantitative estimate of drug-likeness (QED) is 0.754. The van der Waals surface area contributed by atoms with Gasteiger partial charge in [-0.1, -0.05) is 18.5 Å². The number of nitrogens with one attached hydrogen (secondary N) is 2. The van der Waals surface area contributed by atoms with Gasteiger partial charge in [-0.2, -0.15) is 4.98 Å². The maximum atomic E-state index is 12.1. The molecule has 0 aromatic carbocycles. The van der Waals surface area contributed by atoms with Crippen LogP contribution in [-0.4, -0.2) is 53.2 Å². The first kappa shape index (κ1) is 15.9. The molecule has 118 valence electrons. The van der Waals surface area contributed by atoms with Crippen LogP contribution in [0, 0.1) is 0 Å². The highest BCUT2D eigenvalue weighted by Gasteiger charge is 2.29. The first-order chi connectivity index (χ1) is 10.2. The number of unbranched alkanes of at least 4 members (excludes halogenated alkanes) is 1. The normalized spacial score (nSPS) is 19.6. The number of rotatable bonds is 7. The largest absolute Gasteiger partial charge is 0.355 e. The lowest BCUT2D eigenvalue weighted by molar-refractivity contribution is -0.127. The number of carbonyl (C=O) groups is 1. The minimum Gasteiger partial charge on any atom is -0.355 e. The Morgan fingerprint density at radius 3 is 3.14 bits per heavy atom. The third kappa shape index (κ3) is 4.50. The van der Waals surface area contributed by atoms with Crippen LogP contribution in [0.5, 0.6) is 0 Å². The van der Waals surface area contributed by atoms with Crippen LogP contribution in [0.2, 0.25) is 0 Å². The first-order valence-electron chi connectivity index (χ1n) is 7.78. The van der Waals surface area contributed by atoms with E-state index in [4.69, 9.17) is 4.52 Å². The van der Waals surface area contributed by atoms with Crippen molar-refractivity contribution < 1.29 is 9.32 Å². The van der Waals surface area contributed by atoms with E-state index in [1.165, 1.54) is 0 Å². The molecule has 0 aliphatic carbocycles. The zero-order valence-electron chi connectivity index (χ0n) is 12.9. The van der Waals surface area contributed by atoms with Gasteiger partial charge in [0.15, 0.2) is 5.82 Å². The smallest absolute Gasteiger partial charge is 0.240 e. The van der Waals surface area contributed by atoms with Crippen molar-refractivity contribution in [2.45, 2.75) is 45.7 Å². The van der Waals surface area contributed by atoms with E-state index in [1.807, 2.05) is 6.92 Å². The Morgan fingerprint density at radius 2 is 2.38 bits per heavy atom. The number of amides is 1. The van der Waals surface area contributed by atoms with E-state index < -0.39 is 0 Å². The molecule has 7 nitrogen and oxygen atoms in total. The molecule has 0 radical (unpaired) electrons. The van der Waals surface area contributed by atoms with E-state index in [-0.39, 0.29) is 11.9 Å². The summed E-state index contributed by atoms with van der Waals surface area (Å²) < 4.78 is 5.30. The first-order valence-corrected chi connectivity index (χ1v) is 7.78. The molecule has 1 aromatic rings. The summed E-state index contributed by atoms with van der Waals surface area (Å²) in [4.78, 5) is 18.6. The van der Waals surface area contributed by atoms with E-state index in [0.29, 0.717) is 25.5 Å². The standard InChI is InChI=1S/C14H25N5O2/c1-3-5-6-12-17-13(21-18-12)10-19-8-7-15-9-11(19)14(20)16-4-2/h11,15H,3-10H2,1-2H3,(H,16,20). The molecular formula is C14H25N5O2. The van der Waals surface area contributed by atoms with Crippen LogP contribution in [0.25, 0.3) is 0 Å². The molecule has 2 rings (SSSR count). The molecule has 2 N–H and O–H groups in total. The van der Waals surface area contributed by atoms with Crippen molar-refractivity contribution in [3.8, 4) is 0 Å². The summed E-state index contributed by atoms with van der Waals surface area (Å²) in [6.07, 6.45) is 3.02. The molecule has 1 unspecified atom stereocenters. The maximum absolute atomic E-state index is 12.1. The summed E-state index contributed by atoms with van der Waals surface area (Å²) in [6, 6.07) is -0.176. The molecule has 1 amide bonds. The minimum absolute atomic E-state index is 0.0513. The molecular weight excluding hydrogens is 270 g/mol. The average molecular weight is 295 g/mol. The number of piperazine rings is 1. The lowest BCUT2D eigenvalue weighted by atomic mass is 10.1. The van der Waals surface area contributed by atoms with Crippen LogP contribution >= 0.6 is 0 Å². The molecule has 1 aliphatic rings. The van der Waals surface area contributed by atoms with Gasteiger partial charge in [0, 0.05) is 32.6 Å². The Labute approximate surface area is 125 Å². The van der Waals surface area contributed by atoms with E-state index in [0.717, 1.165) is 38.2 Å². The highest BCUT2D eigenvalue weighted by atomic mass is 16.5. The predicted octanol–water partition coefficient (Wildman–Crippen LogP) is 0.322. The SMILES string of the molecule is CCCCc1noc(CN2CCNCC2C(=O)NCC)n1. The van der Waals surface area contributed by atoms with Crippen molar-refractivity contribution in [3.63, 3.8) is 0 Å². The summed E-state index contributed by atoms with van der Waals surface area (Å²) in [5, 5.41) is 10.1. The molecule has 2 heterocycles. The lowest BCUT2D eigenvalue weighted by Crippen LogP contribution is -2.57. The number of hydrogen-bond donors (Lipinski definition) is 2. The molecule has 1 fully saturated rings. The number of hydrogen-bond acceptors (Lipinski definition) is 6. The number of nitrogens with zero attached hydrogens (tertiary/aromatic N) is 3. The van der Waals surface area contributed by atoms with Crippen LogP contribution in [0.4, 0.5) is 0 Å². The third-order valence-corrected chi connectivity index (χ3v) is 3.61. The van der Waals surface area contributed by atoms with Crippen molar-refractivity contribution in [2.24, 2.45) is 0 Å². The minimum atomic E-state index is -0.176. The molecule has 0 saturated carbocycles. The van der Waals surface area contributed by atoms with Crippen LogP contribution in [-0.2, 0) is 17.8 Å². The molecule has 1 saturated heterocycles. The van der Waals surface area contributed by atoms with E-state index in [9.17, 15) is 4.79 Å². The van der Waals surface area contributed by atoms with Gasteiger partial charge in [-0.25, -0.2) is 0 Å². The fourth-order valence-corrected chi connectivity index (χ4v) is 2.45. The van der Waals surface area contributed by atoms with Crippen LogP contribution < -0.4 is 10.6 Å². The monoisotopic (exact) mass is 295 g/mol. The molecule has 0 bridgehead atoms. The van der Waals surface area contributed by atoms with Gasteiger partial charge >= 0.3 is 0 Å². The van der Waals surface area contributed by atoms with Crippen molar-refractivity contribution >= 4 is 5.91 Å². The second-order valence-corrected chi connectivity index (χ2v) is 5.29. The highest BCUT2D eigenvalue weighted by Crippen LogP contribution is 2.10. The van der Waals surface area contributed by atoms with Gasteiger partial charge in [0.2, 0.25) is 11.8 Å². The number of aromatic nitrogens is 2. The van der Waals surface area contributed by atoms with Gasteiger partial charge in [0.05, 0.1) is 6.54 Å². The van der Waals surface area contributed by atoms with Gasteiger partial charge in [-0.3, -0.25) is 9.69 Å². The van der Waals surface area contributed by atoms with E-state index in [1.54, 1.807) is 0 Å². The Kier molecular flexibility index (Phi) is 6.13. The highest BCUT2D eigenvalue weighted by molar-refractivity contribution is 5.82.